The average molecular weight is 499 g/mol. The number of hydrogen-bond donors (Lipinski definition) is 2. The molecule has 0 saturated carbocycles. The van der Waals surface area contributed by atoms with Gasteiger partial charge in [-0.1, -0.05) is 60.3 Å². The van der Waals surface area contributed by atoms with Crippen LogP contribution in [0.3, 0.4) is 0 Å². The smallest absolute Gasteiger partial charge is 0.253 e. The Morgan fingerprint density at radius 1 is 1.03 bits per heavy atom. The lowest BCUT2D eigenvalue weighted by atomic mass is 10.1. The Morgan fingerprint density at radius 3 is 2.50 bits per heavy atom. The van der Waals surface area contributed by atoms with E-state index in [1.54, 1.807) is 42.7 Å². The van der Waals surface area contributed by atoms with Crippen molar-refractivity contribution in [2.24, 2.45) is 0 Å². The first-order chi connectivity index (χ1) is 17.6. The zero-order valence-electron chi connectivity index (χ0n) is 19.8. The van der Waals surface area contributed by atoms with Gasteiger partial charge in [-0.25, -0.2) is 0 Å². The Kier molecular flexibility index (Phi) is 8.25. The maximum Gasteiger partial charge on any atom is 0.253 e. The van der Waals surface area contributed by atoms with Gasteiger partial charge in [0.2, 0.25) is 5.91 Å². The molecular weight excluding hydrogens is 472 g/mol. The number of rotatable bonds is 10. The normalized spacial score (nSPS) is 11.5. The average Bonchev–Trinajstić information content (AvgIpc) is 3.31. The minimum Gasteiger partial charge on any atom is -0.345 e. The van der Waals surface area contributed by atoms with Crippen molar-refractivity contribution < 1.29 is 9.59 Å². The summed E-state index contributed by atoms with van der Waals surface area (Å²) in [5.41, 5.74) is 2.72. The number of para-hydroxylation sites is 1. The number of benzene rings is 2. The number of thioether (sulfide) groups is 1. The van der Waals surface area contributed by atoms with Crippen molar-refractivity contribution in [3.63, 3.8) is 0 Å². The molecule has 0 aliphatic heterocycles. The summed E-state index contributed by atoms with van der Waals surface area (Å²) in [6.07, 6.45) is 5.14. The first-order valence-corrected chi connectivity index (χ1v) is 12.4. The molecule has 8 nitrogen and oxygen atoms in total. The van der Waals surface area contributed by atoms with Crippen molar-refractivity contribution >= 4 is 29.3 Å². The molecule has 0 fully saturated rings. The molecule has 4 rings (SSSR count). The van der Waals surface area contributed by atoms with Gasteiger partial charge in [-0.3, -0.25) is 19.1 Å². The van der Waals surface area contributed by atoms with Crippen LogP contribution in [0.1, 0.15) is 28.9 Å². The topological polar surface area (TPSA) is 102 Å². The molecule has 2 aromatic carbocycles. The van der Waals surface area contributed by atoms with E-state index in [4.69, 9.17) is 0 Å². The van der Waals surface area contributed by atoms with Gasteiger partial charge in [0.05, 0.1) is 23.0 Å². The summed E-state index contributed by atoms with van der Waals surface area (Å²) in [6, 6.07) is 20.2. The van der Waals surface area contributed by atoms with Gasteiger partial charge in [0, 0.05) is 24.5 Å². The molecule has 0 aliphatic carbocycles. The highest BCUT2D eigenvalue weighted by Gasteiger charge is 2.18. The molecule has 0 saturated heterocycles. The first kappa shape index (κ1) is 24.9. The molecule has 0 bridgehead atoms. The molecule has 4 aromatic rings. The molecule has 36 heavy (non-hydrogen) atoms. The zero-order chi connectivity index (χ0) is 25.3. The predicted octanol–water partition coefficient (Wildman–Crippen LogP) is 4.75. The van der Waals surface area contributed by atoms with Crippen LogP contribution >= 0.6 is 11.8 Å². The number of pyridine rings is 1. The summed E-state index contributed by atoms with van der Waals surface area (Å²) in [5.74, 6) is 0.259. The second kappa shape index (κ2) is 11.9. The van der Waals surface area contributed by atoms with Gasteiger partial charge in [0.25, 0.3) is 5.91 Å². The van der Waals surface area contributed by atoms with Crippen LogP contribution in [0, 0.1) is 0 Å². The molecule has 0 unspecified atom stereocenters. The van der Waals surface area contributed by atoms with Crippen molar-refractivity contribution in [3.8, 4) is 11.4 Å². The van der Waals surface area contributed by atoms with E-state index in [0.717, 1.165) is 11.1 Å². The lowest BCUT2D eigenvalue weighted by Crippen LogP contribution is -2.28. The third kappa shape index (κ3) is 6.05. The molecule has 2 aromatic heterocycles. The summed E-state index contributed by atoms with van der Waals surface area (Å²) >= 11 is 1.27. The van der Waals surface area contributed by atoms with Crippen LogP contribution in [0.5, 0.6) is 0 Å². The zero-order valence-corrected chi connectivity index (χ0v) is 20.6. The third-order valence-corrected chi connectivity index (χ3v) is 6.36. The second-order valence-corrected chi connectivity index (χ2v) is 8.87. The highest BCUT2D eigenvalue weighted by atomic mass is 32.2. The van der Waals surface area contributed by atoms with Gasteiger partial charge in [-0.15, -0.1) is 16.8 Å². The van der Waals surface area contributed by atoms with Crippen LogP contribution < -0.4 is 10.6 Å². The molecule has 2 N–H and O–H groups in total. The molecule has 2 heterocycles. The van der Waals surface area contributed by atoms with Gasteiger partial charge >= 0.3 is 0 Å². The maximum atomic E-state index is 13.0. The molecule has 9 heteroatoms. The number of nitrogens with zero attached hydrogens (tertiary/aromatic N) is 4. The van der Waals surface area contributed by atoms with Crippen molar-refractivity contribution in [1.82, 2.24) is 25.1 Å². The fourth-order valence-corrected chi connectivity index (χ4v) is 4.36. The van der Waals surface area contributed by atoms with Crippen LogP contribution in [0.15, 0.2) is 96.9 Å². The Morgan fingerprint density at radius 2 is 1.75 bits per heavy atom. The van der Waals surface area contributed by atoms with E-state index in [0.29, 0.717) is 28.8 Å². The standard InChI is InChI=1S/C27H26N6O2S/c1-3-17-33-25(21-13-15-28-16-14-21)31-32-27(33)36-18-24(34)30-23-12-8-7-11-22(23)26(35)29-19(2)20-9-5-4-6-10-20/h3-16,19H,1,17-18H2,2H3,(H,29,35)(H,30,34)/t19-/m0/s1. The Labute approximate surface area is 213 Å². The number of nitrogens with one attached hydrogen (secondary N) is 2. The maximum absolute atomic E-state index is 13.0. The summed E-state index contributed by atoms with van der Waals surface area (Å²) in [7, 11) is 0. The molecule has 2 amide bonds. The van der Waals surface area contributed by atoms with E-state index in [1.807, 2.05) is 54.0 Å². The summed E-state index contributed by atoms with van der Waals surface area (Å²) in [4.78, 5) is 29.8. The van der Waals surface area contributed by atoms with Gasteiger partial charge < -0.3 is 10.6 Å². The Bertz CT molecular complexity index is 1340. The molecular formula is C27H26N6O2S. The van der Waals surface area contributed by atoms with Crippen molar-refractivity contribution in [2.45, 2.75) is 24.7 Å². The van der Waals surface area contributed by atoms with Gasteiger partial charge in [-0.2, -0.15) is 0 Å². The SMILES string of the molecule is C=CCn1c(SCC(=O)Nc2ccccc2C(=O)N[C@@H](C)c2ccccc2)nnc1-c1ccncc1. The summed E-state index contributed by atoms with van der Waals surface area (Å²) in [6.45, 7) is 6.23. The highest BCUT2D eigenvalue weighted by Crippen LogP contribution is 2.24. The fourth-order valence-electron chi connectivity index (χ4n) is 3.61. The third-order valence-electron chi connectivity index (χ3n) is 5.39. The number of allylic oxidation sites excluding steroid dienone is 1. The molecule has 0 spiro atoms. The van der Waals surface area contributed by atoms with Crippen LogP contribution in [0.4, 0.5) is 5.69 Å². The van der Waals surface area contributed by atoms with E-state index < -0.39 is 0 Å². The van der Waals surface area contributed by atoms with Crippen molar-refractivity contribution in [2.75, 3.05) is 11.1 Å². The molecule has 182 valence electrons. The number of carbonyl (C=O) groups is 2. The van der Waals surface area contributed by atoms with E-state index in [1.165, 1.54) is 11.8 Å². The van der Waals surface area contributed by atoms with Gasteiger partial charge in [-0.05, 0) is 36.8 Å². The van der Waals surface area contributed by atoms with E-state index in [2.05, 4.69) is 32.4 Å². The predicted molar refractivity (Wildman–Crippen MR) is 142 cm³/mol. The number of amides is 2. The van der Waals surface area contributed by atoms with Crippen LogP contribution in [0.25, 0.3) is 11.4 Å². The van der Waals surface area contributed by atoms with Crippen molar-refractivity contribution in [1.29, 1.82) is 0 Å². The van der Waals surface area contributed by atoms with Gasteiger partial charge in [0.15, 0.2) is 11.0 Å². The van der Waals surface area contributed by atoms with Crippen LogP contribution in [-0.4, -0.2) is 37.3 Å². The lowest BCUT2D eigenvalue weighted by Gasteiger charge is -2.16. The minimum absolute atomic E-state index is 0.0992. The van der Waals surface area contributed by atoms with E-state index >= 15 is 0 Å². The van der Waals surface area contributed by atoms with Crippen LogP contribution in [-0.2, 0) is 11.3 Å². The largest absolute Gasteiger partial charge is 0.345 e. The molecule has 1 atom stereocenters. The number of aromatic nitrogens is 4. The Balaban J connectivity index is 1.42. The summed E-state index contributed by atoms with van der Waals surface area (Å²) in [5, 5.41) is 15.0. The minimum atomic E-state index is -0.261. The highest BCUT2D eigenvalue weighted by molar-refractivity contribution is 7.99. The van der Waals surface area contributed by atoms with Gasteiger partial charge in [0.1, 0.15) is 0 Å². The first-order valence-electron chi connectivity index (χ1n) is 11.4. The van der Waals surface area contributed by atoms with E-state index in [-0.39, 0.29) is 23.6 Å². The lowest BCUT2D eigenvalue weighted by molar-refractivity contribution is -0.113. The quantitative estimate of drug-likeness (QED) is 0.242. The number of carbonyl (C=O) groups excluding carboxylic acids is 2. The summed E-state index contributed by atoms with van der Waals surface area (Å²) < 4.78 is 1.90. The Hall–Kier alpha value is -4.24. The second-order valence-electron chi connectivity index (χ2n) is 7.93. The molecule has 0 aliphatic rings. The monoisotopic (exact) mass is 498 g/mol. The van der Waals surface area contributed by atoms with Crippen LogP contribution in [0.2, 0.25) is 0 Å². The number of anilines is 1. The molecule has 0 radical (unpaired) electrons. The fraction of sp³-hybridized carbons (Fsp3) is 0.148. The number of hydrogen-bond acceptors (Lipinski definition) is 6. The van der Waals surface area contributed by atoms with E-state index in [9.17, 15) is 9.59 Å². The van der Waals surface area contributed by atoms with Crippen molar-refractivity contribution in [3.05, 3.63) is 103 Å².